The highest BCUT2D eigenvalue weighted by Crippen LogP contribution is 2.17. The smallest absolute Gasteiger partial charge is 0.320 e. The molecule has 0 aromatic rings. The van der Waals surface area contributed by atoms with Gasteiger partial charge in [0.25, 0.3) is 0 Å². The SMILES string of the molecule is CC(C)(C)CN1CCN(CC(=O)OC(C)(C)C)CCN(CC(=O)OC(C)(C)C)CCN(C(CCN=[N+]=[N-])C(=O)O)CC1. The van der Waals surface area contributed by atoms with Gasteiger partial charge in [0.2, 0.25) is 0 Å². The normalized spacial score (nSPS) is 18.7. The average Bonchev–Trinajstić information content (AvgIpc) is 2.79. The van der Waals surface area contributed by atoms with Gasteiger partial charge in [0, 0.05) is 70.4 Å². The first-order chi connectivity index (χ1) is 19.3. The van der Waals surface area contributed by atoms with E-state index in [1.165, 1.54) is 0 Å². The topological polar surface area (TPSA) is 152 Å². The Morgan fingerprint density at radius 3 is 1.55 bits per heavy atom. The van der Waals surface area contributed by atoms with Crippen molar-refractivity contribution in [3.8, 4) is 0 Å². The Morgan fingerprint density at radius 2 is 1.17 bits per heavy atom. The summed E-state index contributed by atoms with van der Waals surface area (Å²) >= 11 is 0. The van der Waals surface area contributed by atoms with Crippen LogP contribution < -0.4 is 0 Å². The molecule has 1 fully saturated rings. The van der Waals surface area contributed by atoms with Crippen LogP contribution in [0.4, 0.5) is 0 Å². The van der Waals surface area contributed by atoms with Crippen LogP contribution in [0.2, 0.25) is 0 Å². The van der Waals surface area contributed by atoms with E-state index in [0.717, 1.165) is 6.54 Å². The van der Waals surface area contributed by atoms with E-state index in [-0.39, 0.29) is 43.4 Å². The van der Waals surface area contributed by atoms with Crippen molar-refractivity contribution < 1.29 is 29.0 Å². The lowest BCUT2D eigenvalue weighted by Crippen LogP contribution is -2.52. The number of aliphatic carboxylic acids is 1. The number of azide groups is 1. The number of carbonyl (C=O) groups excluding carboxylic acids is 2. The Labute approximate surface area is 252 Å². The number of ether oxygens (including phenoxy) is 2. The number of nitrogens with zero attached hydrogens (tertiary/aromatic N) is 7. The molecule has 0 spiro atoms. The standard InChI is InChI=1S/C29H55N7O6/c1-27(2,3)22-35-15-14-33(20-24(37)41-28(4,5)6)12-13-34(21-25(38)42-29(7,8)9)16-18-36(19-17-35)23(26(39)40)10-11-31-32-30/h23H,10-22H2,1-9H3,(H,39,40). The predicted molar refractivity (Wildman–Crippen MR) is 162 cm³/mol. The molecule has 1 aliphatic rings. The zero-order valence-electron chi connectivity index (χ0n) is 27.4. The third-order valence-corrected chi connectivity index (χ3v) is 6.41. The molecular formula is C29H55N7O6. The molecule has 13 nitrogen and oxygen atoms in total. The lowest BCUT2D eigenvalue weighted by Gasteiger charge is -2.37. The summed E-state index contributed by atoms with van der Waals surface area (Å²) in [6.45, 7) is 22.7. The Kier molecular flexibility index (Phi) is 15.2. The van der Waals surface area contributed by atoms with Crippen LogP contribution in [0.3, 0.4) is 0 Å². The number of esters is 2. The summed E-state index contributed by atoms with van der Waals surface area (Å²) in [4.78, 5) is 48.9. The third-order valence-electron chi connectivity index (χ3n) is 6.41. The summed E-state index contributed by atoms with van der Waals surface area (Å²) in [7, 11) is 0. The van der Waals surface area contributed by atoms with Crippen LogP contribution in [0.25, 0.3) is 10.4 Å². The van der Waals surface area contributed by atoms with Gasteiger partial charge in [-0.1, -0.05) is 25.9 Å². The number of hydrogen-bond acceptors (Lipinski definition) is 10. The van der Waals surface area contributed by atoms with Crippen LogP contribution in [-0.2, 0) is 23.9 Å². The summed E-state index contributed by atoms with van der Waals surface area (Å²) in [6.07, 6.45) is 0.189. The molecule has 1 N–H and O–H groups in total. The maximum Gasteiger partial charge on any atom is 0.320 e. The van der Waals surface area contributed by atoms with E-state index in [1.54, 1.807) is 0 Å². The van der Waals surface area contributed by atoms with E-state index in [1.807, 2.05) is 51.3 Å². The predicted octanol–water partition coefficient (Wildman–Crippen LogP) is 3.09. The van der Waals surface area contributed by atoms with Gasteiger partial charge in [-0.05, 0) is 58.9 Å². The van der Waals surface area contributed by atoms with E-state index in [0.29, 0.717) is 52.4 Å². The van der Waals surface area contributed by atoms with Gasteiger partial charge in [-0.15, -0.1) is 0 Å². The first-order valence-corrected chi connectivity index (χ1v) is 14.9. The van der Waals surface area contributed by atoms with E-state index in [2.05, 4.69) is 40.6 Å². The summed E-state index contributed by atoms with van der Waals surface area (Å²) in [5.41, 5.74) is 7.50. The van der Waals surface area contributed by atoms with Gasteiger partial charge >= 0.3 is 17.9 Å². The molecule has 1 heterocycles. The molecular weight excluding hydrogens is 542 g/mol. The van der Waals surface area contributed by atoms with Crippen LogP contribution in [0.15, 0.2) is 5.11 Å². The molecule has 42 heavy (non-hydrogen) atoms. The van der Waals surface area contributed by atoms with Crippen molar-refractivity contribution >= 4 is 17.9 Å². The summed E-state index contributed by atoms with van der Waals surface area (Å²) < 4.78 is 11.2. The van der Waals surface area contributed by atoms with Gasteiger partial charge in [0.05, 0.1) is 13.1 Å². The summed E-state index contributed by atoms with van der Waals surface area (Å²) in [5, 5.41) is 13.6. The molecule has 0 aliphatic carbocycles. The van der Waals surface area contributed by atoms with Crippen molar-refractivity contribution in [1.82, 2.24) is 19.6 Å². The maximum atomic E-state index is 12.8. The molecule has 0 aromatic carbocycles. The van der Waals surface area contributed by atoms with E-state index in [9.17, 15) is 19.5 Å². The minimum Gasteiger partial charge on any atom is -0.480 e. The molecule has 0 bridgehead atoms. The fourth-order valence-electron chi connectivity index (χ4n) is 4.81. The molecule has 1 atom stereocenters. The van der Waals surface area contributed by atoms with Crippen LogP contribution in [0.1, 0.15) is 68.7 Å². The van der Waals surface area contributed by atoms with Gasteiger partial charge < -0.3 is 19.5 Å². The Morgan fingerprint density at radius 1 is 0.762 bits per heavy atom. The molecule has 242 valence electrons. The van der Waals surface area contributed by atoms with Gasteiger partial charge in [-0.25, -0.2) is 0 Å². The molecule has 13 heteroatoms. The number of hydrogen-bond donors (Lipinski definition) is 1. The molecule has 1 unspecified atom stereocenters. The second kappa shape index (κ2) is 17.0. The number of carboxylic acid groups (broad SMARTS) is 1. The fourth-order valence-corrected chi connectivity index (χ4v) is 4.81. The zero-order valence-corrected chi connectivity index (χ0v) is 27.4. The number of rotatable bonds is 10. The summed E-state index contributed by atoms with van der Waals surface area (Å²) in [5.74, 6) is -1.64. The second-order valence-electron chi connectivity index (χ2n) is 14.2. The van der Waals surface area contributed by atoms with Crippen molar-refractivity contribution in [3.63, 3.8) is 0 Å². The van der Waals surface area contributed by atoms with E-state index in [4.69, 9.17) is 15.0 Å². The van der Waals surface area contributed by atoms with Crippen molar-refractivity contribution in [2.75, 3.05) is 78.5 Å². The van der Waals surface area contributed by atoms with Crippen LogP contribution in [0.5, 0.6) is 0 Å². The Hall–Kier alpha value is -2.44. The highest BCUT2D eigenvalue weighted by molar-refractivity contribution is 5.73. The number of carbonyl (C=O) groups is 3. The highest BCUT2D eigenvalue weighted by atomic mass is 16.6. The molecule has 1 aliphatic heterocycles. The molecule has 1 saturated heterocycles. The minimum atomic E-state index is -0.972. The zero-order chi connectivity index (χ0) is 32.1. The van der Waals surface area contributed by atoms with Crippen molar-refractivity contribution in [3.05, 3.63) is 10.4 Å². The lowest BCUT2D eigenvalue weighted by molar-refractivity contribution is -0.158. The average molecular weight is 598 g/mol. The van der Waals surface area contributed by atoms with Crippen molar-refractivity contribution in [2.24, 2.45) is 10.5 Å². The van der Waals surface area contributed by atoms with E-state index >= 15 is 0 Å². The minimum absolute atomic E-state index is 0.00974. The molecule has 0 aromatic heterocycles. The van der Waals surface area contributed by atoms with Crippen molar-refractivity contribution in [1.29, 1.82) is 0 Å². The van der Waals surface area contributed by atoms with Crippen LogP contribution in [0, 0.1) is 5.41 Å². The maximum absolute atomic E-state index is 12.8. The van der Waals surface area contributed by atoms with Gasteiger partial charge in [0.15, 0.2) is 0 Å². The Balaban J connectivity index is 3.29. The monoisotopic (exact) mass is 597 g/mol. The quantitative estimate of drug-likeness (QED) is 0.172. The van der Waals surface area contributed by atoms with Crippen LogP contribution >= 0.6 is 0 Å². The molecule has 0 amide bonds. The second-order valence-corrected chi connectivity index (χ2v) is 14.2. The molecule has 0 saturated carbocycles. The van der Waals surface area contributed by atoms with Gasteiger partial charge in [-0.2, -0.15) is 0 Å². The molecule has 0 radical (unpaired) electrons. The summed E-state index contributed by atoms with van der Waals surface area (Å²) in [6, 6.07) is -0.832. The van der Waals surface area contributed by atoms with E-state index < -0.39 is 23.2 Å². The van der Waals surface area contributed by atoms with Gasteiger partial charge in [0.1, 0.15) is 17.2 Å². The lowest BCUT2D eigenvalue weighted by atomic mass is 9.96. The first-order valence-electron chi connectivity index (χ1n) is 14.9. The molecule has 1 rings (SSSR count). The first kappa shape index (κ1) is 37.6. The Bertz CT molecular complexity index is 919. The van der Waals surface area contributed by atoms with Crippen molar-refractivity contribution in [2.45, 2.75) is 86.0 Å². The fraction of sp³-hybridized carbons (Fsp3) is 0.897. The highest BCUT2D eigenvalue weighted by Gasteiger charge is 2.29. The number of carboxylic acids is 1. The van der Waals surface area contributed by atoms with Gasteiger partial charge in [-0.3, -0.25) is 29.1 Å². The van der Waals surface area contributed by atoms with Crippen LogP contribution in [-0.4, -0.2) is 138 Å². The third kappa shape index (κ3) is 17.5. The largest absolute Gasteiger partial charge is 0.480 e.